The van der Waals surface area contributed by atoms with Crippen molar-refractivity contribution in [3.63, 3.8) is 0 Å². The SMILES string of the molecule is Cn1cc(-c2ccc(N(C(=O)NCc3ccccc3)C3CCC(Nc4ncc(C#N)c(NCCCS(C)(=O)=O)n4)CC3)nc2)cn1. The Morgan fingerprint density at radius 3 is 2.48 bits per heavy atom. The Kier molecular flexibility index (Phi) is 10.4. The van der Waals surface area contributed by atoms with Crippen molar-refractivity contribution in [1.29, 1.82) is 5.26 Å². The van der Waals surface area contributed by atoms with Gasteiger partial charge in [-0.15, -0.1) is 0 Å². The molecule has 5 rings (SSSR count). The number of benzene rings is 1. The zero-order valence-electron chi connectivity index (χ0n) is 25.9. The van der Waals surface area contributed by atoms with Crippen LogP contribution in [0.3, 0.4) is 0 Å². The Bertz CT molecular complexity index is 1760. The van der Waals surface area contributed by atoms with Gasteiger partial charge in [-0.05, 0) is 49.8 Å². The summed E-state index contributed by atoms with van der Waals surface area (Å²) in [5.41, 5.74) is 3.16. The van der Waals surface area contributed by atoms with Crippen molar-refractivity contribution >= 4 is 33.5 Å². The highest BCUT2D eigenvalue weighted by Gasteiger charge is 2.31. The van der Waals surface area contributed by atoms with Gasteiger partial charge in [0.2, 0.25) is 5.95 Å². The maximum atomic E-state index is 13.7. The molecule has 0 spiro atoms. The van der Waals surface area contributed by atoms with Crippen LogP contribution in [0.5, 0.6) is 0 Å². The number of sulfone groups is 1. The van der Waals surface area contributed by atoms with Crippen molar-refractivity contribution in [2.45, 2.75) is 50.7 Å². The van der Waals surface area contributed by atoms with Gasteiger partial charge in [0, 0.05) is 62.0 Å². The van der Waals surface area contributed by atoms with Gasteiger partial charge in [0.1, 0.15) is 33.1 Å². The van der Waals surface area contributed by atoms with Crippen LogP contribution in [0, 0.1) is 11.3 Å². The summed E-state index contributed by atoms with van der Waals surface area (Å²) >= 11 is 0. The molecule has 0 aliphatic heterocycles. The molecule has 0 radical (unpaired) electrons. The molecule has 13 nitrogen and oxygen atoms in total. The van der Waals surface area contributed by atoms with E-state index in [2.05, 4.69) is 37.1 Å². The van der Waals surface area contributed by atoms with Crippen LogP contribution in [0.1, 0.15) is 43.2 Å². The summed E-state index contributed by atoms with van der Waals surface area (Å²) in [7, 11) is -1.21. The molecule has 0 atom stereocenters. The maximum absolute atomic E-state index is 13.7. The van der Waals surface area contributed by atoms with E-state index in [1.165, 1.54) is 12.5 Å². The van der Waals surface area contributed by atoms with Gasteiger partial charge in [0.25, 0.3) is 0 Å². The van der Waals surface area contributed by atoms with Crippen LogP contribution in [0.25, 0.3) is 11.1 Å². The van der Waals surface area contributed by atoms with Crippen LogP contribution in [-0.2, 0) is 23.4 Å². The summed E-state index contributed by atoms with van der Waals surface area (Å²) in [4.78, 5) is 28.9. The molecule has 1 aromatic carbocycles. The third-order valence-electron chi connectivity index (χ3n) is 7.83. The summed E-state index contributed by atoms with van der Waals surface area (Å²) in [6.07, 6.45) is 11.5. The van der Waals surface area contributed by atoms with E-state index in [9.17, 15) is 18.5 Å². The predicted molar refractivity (Wildman–Crippen MR) is 177 cm³/mol. The summed E-state index contributed by atoms with van der Waals surface area (Å²) in [5, 5.41) is 23.2. The van der Waals surface area contributed by atoms with E-state index < -0.39 is 9.84 Å². The first kappa shape index (κ1) is 32.4. The lowest BCUT2D eigenvalue weighted by atomic mass is 9.90. The number of nitrogens with zero attached hydrogens (tertiary/aromatic N) is 7. The second-order valence-corrected chi connectivity index (χ2v) is 13.7. The highest BCUT2D eigenvalue weighted by Crippen LogP contribution is 2.30. The van der Waals surface area contributed by atoms with E-state index >= 15 is 0 Å². The fourth-order valence-electron chi connectivity index (χ4n) is 5.46. The van der Waals surface area contributed by atoms with E-state index in [0.717, 1.165) is 42.4 Å². The second kappa shape index (κ2) is 14.8. The molecule has 3 aromatic heterocycles. The molecule has 4 aromatic rings. The number of anilines is 3. The van der Waals surface area contributed by atoms with Crippen LogP contribution in [-0.4, -0.2) is 69.8 Å². The molecule has 1 fully saturated rings. The van der Waals surface area contributed by atoms with Crippen LogP contribution in [0.15, 0.2) is 67.3 Å². The number of nitriles is 1. The minimum atomic E-state index is -3.07. The Balaban J connectivity index is 1.25. The second-order valence-electron chi connectivity index (χ2n) is 11.4. The zero-order valence-corrected chi connectivity index (χ0v) is 26.7. The minimum Gasteiger partial charge on any atom is -0.369 e. The lowest BCUT2D eigenvalue weighted by Crippen LogP contribution is -2.49. The summed E-state index contributed by atoms with van der Waals surface area (Å²) in [6.45, 7) is 0.768. The Morgan fingerprint density at radius 1 is 1.04 bits per heavy atom. The molecule has 46 heavy (non-hydrogen) atoms. The van der Waals surface area contributed by atoms with Crippen LogP contribution >= 0.6 is 0 Å². The first-order chi connectivity index (χ1) is 22.2. The number of amides is 2. The third kappa shape index (κ3) is 8.79. The molecule has 1 aliphatic carbocycles. The first-order valence-corrected chi connectivity index (χ1v) is 17.3. The van der Waals surface area contributed by atoms with Crippen molar-refractivity contribution < 1.29 is 13.2 Å². The van der Waals surface area contributed by atoms with Crippen LogP contribution in [0.4, 0.5) is 22.4 Å². The Hall–Kier alpha value is -5.03. The molecule has 3 N–H and O–H groups in total. The van der Waals surface area contributed by atoms with E-state index in [4.69, 9.17) is 4.98 Å². The zero-order chi connectivity index (χ0) is 32.5. The number of carbonyl (C=O) groups is 1. The summed E-state index contributed by atoms with van der Waals surface area (Å²) < 4.78 is 24.6. The Labute approximate surface area is 269 Å². The van der Waals surface area contributed by atoms with E-state index in [1.807, 2.05) is 55.7 Å². The lowest BCUT2D eigenvalue weighted by Gasteiger charge is -2.36. The normalized spacial score (nSPS) is 16.3. The quantitative estimate of drug-likeness (QED) is 0.191. The number of hydrogen-bond donors (Lipinski definition) is 3. The number of aryl methyl sites for hydroxylation is 1. The van der Waals surface area contributed by atoms with Crippen molar-refractivity contribution in [2.24, 2.45) is 7.05 Å². The minimum absolute atomic E-state index is 0.0484. The van der Waals surface area contributed by atoms with E-state index in [0.29, 0.717) is 37.1 Å². The highest BCUT2D eigenvalue weighted by molar-refractivity contribution is 7.90. The molecule has 1 aliphatic rings. The first-order valence-electron chi connectivity index (χ1n) is 15.2. The molecule has 0 saturated heterocycles. The van der Waals surface area contributed by atoms with Gasteiger partial charge in [0.05, 0.1) is 18.1 Å². The predicted octanol–water partition coefficient (Wildman–Crippen LogP) is 4.13. The molecule has 3 heterocycles. The van der Waals surface area contributed by atoms with Gasteiger partial charge in [-0.1, -0.05) is 30.3 Å². The average molecular weight is 643 g/mol. The van der Waals surface area contributed by atoms with Gasteiger partial charge in [-0.25, -0.2) is 23.2 Å². The van der Waals surface area contributed by atoms with E-state index in [1.54, 1.807) is 22.0 Å². The molecule has 2 amide bonds. The number of rotatable bonds is 12. The van der Waals surface area contributed by atoms with Gasteiger partial charge >= 0.3 is 6.03 Å². The number of carbonyl (C=O) groups excluding carboxylic acids is 1. The van der Waals surface area contributed by atoms with Gasteiger partial charge in [0.15, 0.2) is 0 Å². The van der Waals surface area contributed by atoms with Crippen LogP contribution < -0.4 is 20.9 Å². The van der Waals surface area contributed by atoms with E-state index in [-0.39, 0.29) is 29.4 Å². The fraction of sp³-hybridized carbons (Fsp3) is 0.375. The number of pyridine rings is 1. The monoisotopic (exact) mass is 642 g/mol. The van der Waals surface area contributed by atoms with Crippen molar-refractivity contribution in [2.75, 3.05) is 34.1 Å². The van der Waals surface area contributed by atoms with Gasteiger partial charge in [-0.2, -0.15) is 15.3 Å². The highest BCUT2D eigenvalue weighted by atomic mass is 32.2. The smallest absolute Gasteiger partial charge is 0.323 e. The van der Waals surface area contributed by atoms with Crippen LogP contribution in [0.2, 0.25) is 0 Å². The molecule has 0 unspecified atom stereocenters. The van der Waals surface area contributed by atoms with Crippen molar-refractivity contribution in [3.05, 3.63) is 78.4 Å². The molecular formula is C32H38N10O3S. The average Bonchev–Trinajstić information content (AvgIpc) is 3.49. The largest absolute Gasteiger partial charge is 0.369 e. The standard InChI is InChI=1S/C32H38N10O3S/c1-41-22-26(21-38-41)24-9-14-29(35-19-24)42(32(43)37-18-23-7-4-3-5-8-23)28-12-10-27(11-13-28)39-31-36-20-25(17-33)30(40-31)34-15-6-16-46(2,44)45/h3-5,7-9,14,19-22,27-28H,6,10-13,15-16,18H2,1-2H3,(H,37,43)(H2,34,36,39,40). The Morgan fingerprint density at radius 2 is 1.83 bits per heavy atom. The fourth-order valence-corrected chi connectivity index (χ4v) is 6.12. The van der Waals surface area contributed by atoms with Crippen molar-refractivity contribution in [3.8, 4) is 17.2 Å². The number of hydrogen-bond acceptors (Lipinski definition) is 10. The topological polar surface area (TPSA) is 171 Å². The number of nitrogens with one attached hydrogen (secondary N) is 3. The molecule has 1 saturated carbocycles. The molecule has 14 heteroatoms. The van der Waals surface area contributed by atoms with Gasteiger partial charge < -0.3 is 16.0 Å². The molecule has 240 valence electrons. The van der Waals surface area contributed by atoms with Gasteiger partial charge in [-0.3, -0.25) is 9.58 Å². The molecule has 0 bridgehead atoms. The summed E-state index contributed by atoms with van der Waals surface area (Å²) in [6, 6.07) is 15.5. The maximum Gasteiger partial charge on any atom is 0.323 e. The van der Waals surface area contributed by atoms with Crippen molar-refractivity contribution in [1.82, 2.24) is 30.0 Å². The molecular weight excluding hydrogens is 604 g/mol. The third-order valence-corrected chi connectivity index (χ3v) is 8.86. The number of urea groups is 1. The summed E-state index contributed by atoms with van der Waals surface area (Å²) in [5.74, 6) is 1.38. The lowest BCUT2D eigenvalue weighted by molar-refractivity contribution is 0.240. The number of aromatic nitrogens is 5.